The van der Waals surface area contributed by atoms with Crippen molar-refractivity contribution in [3.8, 4) is 0 Å². The second-order valence-corrected chi connectivity index (χ2v) is 8.21. The van der Waals surface area contributed by atoms with Crippen LogP contribution < -0.4 is 0 Å². The smallest absolute Gasteiger partial charge is 0.410 e. The van der Waals surface area contributed by atoms with Gasteiger partial charge in [0, 0.05) is 33.2 Å². The summed E-state index contributed by atoms with van der Waals surface area (Å²) in [4.78, 5) is 19.3. The lowest BCUT2D eigenvalue weighted by Gasteiger charge is -2.35. The first kappa shape index (κ1) is 19.7. The number of methoxy groups -OCH3 is 1. The topological polar surface area (TPSA) is 56.6 Å². The number of nitrogens with zero attached hydrogens (tertiary/aromatic N) is 3. The molecule has 1 aliphatic heterocycles. The fourth-order valence-corrected chi connectivity index (χ4v) is 3.71. The molecule has 27 heavy (non-hydrogen) atoms. The number of aromatic nitrogens is 2. The number of fused-ring (bicyclic) bond motifs is 1. The predicted molar refractivity (Wildman–Crippen MR) is 106 cm³/mol. The molecule has 0 bridgehead atoms. The Hall–Kier alpha value is -2.08. The fourth-order valence-electron chi connectivity index (χ4n) is 3.71. The first-order valence-electron chi connectivity index (χ1n) is 9.82. The number of carbonyl (C=O) groups is 1. The number of piperidine rings is 1. The molecule has 3 rings (SSSR count). The summed E-state index contributed by atoms with van der Waals surface area (Å²) in [6.07, 6.45) is 3.58. The van der Waals surface area contributed by atoms with Crippen LogP contribution in [-0.2, 0) is 15.9 Å². The third-order valence-corrected chi connectivity index (χ3v) is 4.83. The Kier molecular flexibility index (Phi) is 6.05. The molecule has 2 heterocycles. The van der Waals surface area contributed by atoms with Crippen molar-refractivity contribution in [1.29, 1.82) is 0 Å². The second-order valence-electron chi connectivity index (χ2n) is 8.21. The Morgan fingerprint density at radius 1 is 1.30 bits per heavy atom. The maximum atomic E-state index is 12.6. The lowest BCUT2D eigenvalue weighted by atomic mass is 10.0. The summed E-state index contributed by atoms with van der Waals surface area (Å²) in [5, 5.41) is 0. The summed E-state index contributed by atoms with van der Waals surface area (Å²) in [7, 11) is 1.73. The van der Waals surface area contributed by atoms with Gasteiger partial charge in [0.2, 0.25) is 0 Å². The Labute approximate surface area is 161 Å². The van der Waals surface area contributed by atoms with Crippen LogP contribution in [0.5, 0.6) is 0 Å². The number of hydrogen-bond acceptors (Lipinski definition) is 4. The molecule has 0 aliphatic carbocycles. The minimum Gasteiger partial charge on any atom is -0.444 e. The number of hydrogen-bond donors (Lipinski definition) is 0. The van der Waals surface area contributed by atoms with Crippen molar-refractivity contribution in [1.82, 2.24) is 14.5 Å². The molecule has 6 nitrogen and oxygen atoms in total. The van der Waals surface area contributed by atoms with Gasteiger partial charge in [0.1, 0.15) is 11.4 Å². The Balaban J connectivity index is 1.84. The Bertz CT molecular complexity index is 779. The van der Waals surface area contributed by atoms with E-state index in [-0.39, 0.29) is 12.1 Å². The average molecular weight is 373 g/mol. The van der Waals surface area contributed by atoms with Gasteiger partial charge in [0.05, 0.1) is 17.1 Å². The highest BCUT2D eigenvalue weighted by Gasteiger charge is 2.30. The highest BCUT2D eigenvalue weighted by Crippen LogP contribution is 2.29. The van der Waals surface area contributed by atoms with E-state index in [1.807, 2.05) is 37.8 Å². The molecular weight excluding hydrogens is 342 g/mol. The molecule has 0 spiro atoms. The number of benzene rings is 1. The Morgan fingerprint density at radius 2 is 2.07 bits per heavy atom. The van der Waals surface area contributed by atoms with Gasteiger partial charge in [0.15, 0.2) is 0 Å². The van der Waals surface area contributed by atoms with Crippen molar-refractivity contribution >= 4 is 17.1 Å². The number of carbonyl (C=O) groups excluding carboxylic acids is 1. The van der Waals surface area contributed by atoms with Crippen molar-refractivity contribution in [3.05, 3.63) is 30.1 Å². The summed E-state index contributed by atoms with van der Waals surface area (Å²) >= 11 is 0. The molecule has 0 N–H and O–H groups in total. The van der Waals surface area contributed by atoms with E-state index in [9.17, 15) is 4.79 Å². The molecule has 1 aromatic heterocycles. The standard InChI is InChI=1S/C21H31N3O3/c1-21(2,3)27-20(25)23-13-7-9-16(15-23)24-18-11-6-5-10-17(18)22-19(24)12-8-14-26-4/h5-6,10-11,16H,7-9,12-15H2,1-4H3/t16-/m1/s1. The maximum absolute atomic E-state index is 12.6. The number of amides is 1. The average Bonchev–Trinajstić information content (AvgIpc) is 2.99. The predicted octanol–water partition coefficient (Wildman–Crippen LogP) is 4.19. The Morgan fingerprint density at radius 3 is 2.81 bits per heavy atom. The quantitative estimate of drug-likeness (QED) is 0.738. The van der Waals surface area contributed by atoms with Gasteiger partial charge in [0.25, 0.3) is 0 Å². The van der Waals surface area contributed by atoms with Crippen LogP contribution in [0.1, 0.15) is 51.9 Å². The van der Waals surface area contributed by atoms with Crippen LogP contribution in [0, 0.1) is 0 Å². The van der Waals surface area contributed by atoms with Crippen molar-refractivity contribution < 1.29 is 14.3 Å². The number of imidazole rings is 1. The van der Waals surface area contributed by atoms with Crippen LogP contribution in [0.25, 0.3) is 11.0 Å². The summed E-state index contributed by atoms with van der Waals surface area (Å²) < 4.78 is 13.1. The van der Waals surface area contributed by atoms with Gasteiger partial charge in [-0.05, 0) is 52.2 Å². The highest BCUT2D eigenvalue weighted by molar-refractivity contribution is 5.76. The molecule has 0 radical (unpaired) electrons. The fraction of sp³-hybridized carbons (Fsp3) is 0.619. The molecule has 1 aliphatic rings. The molecule has 148 valence electrons. The van der Waals surface area contributed by atoms with Crippen LogP contribution in [0.15, 0.2) is 24.3 Å². The van der Waals surface area contributed by atoms with Crippen LogP contribution in [-0.4, -0.2) is 53.0 Å². The third kappa shape index (κ3) is 4.80. The van der Waals surface area contributed by atoms with Crippen molar-refractivity contribution in [2.75, 3.05) is 26.8 Å². The number of para-hydroxylation sites is 2. The lowest BCUT2D eigenvalue weighted by Crippen LogP contribution is -2.43. The number of ether oxygens (including phenoxy) is 2. The minimum atomic E-state index is -0.475. The first-order chi connectivity index (χ1) is 12.9. The molecule has 1 aromatic carbocycles. The van der Waals surface area contributed by atoms with Gasteiger partial charge in [-0.15, -0.1) is 0 Å². The first-order valence-corrected chi connectivity index (χ1v) is 9.82. The van der Waals surface area contributed by atoms with E-state index in [1.54, 1.807) is 7.11 Å². The zero-order chi connectivity index (χ0) is 19.4. The van der Waals surface area contributed by atoms with Crippen LogP contribution in [0.2, 0.25) is 0 Å². The van der Waals surface area contributed by atoms with Crippen LogP contribution in [0.3, 0.4) is 0 Å². The molecule has 2 aromatic rings. The summed E-state index contributed by atoms with van der Waals surface area (Å²) in [5.41, 5.74) is 1.68. The largest absolute Gasteiger partial charge is 0.444 e. The third-order valence-electron chi connectivity index (χ3n) is 4.83. The van der Waals surface area contributed by atoms with Crippen molar-refractivity contribution in [3.63, 3.8) is 0 Å². The molecule has 1 amide bonds. The second kappa shape index (κ2) is 8.30. The monoisotopic (exact) mass is 373 g/mol. The molecule has 1 atom stereocenters. The number of aryl methyl sites for hydroxylation is 1. The minimum absolute atomic E-state index is 0.219. The van der Waals surface area contributed by atoms with E-state index in [4.69, 9.17) is 14.5 Å². The van der Waals surface area contributed by atoms with Crippen molar-refractivity contribution in [2.45, 2.75) is 58.1 Å². The van der Waals surface area contributed by atoms with E-state index in [1.165, 1.54) is 0 Å². The van der Waals surface area contributed by atoms with Crippen LogP contribution >= 0.6 is 0 Å². The molecular formula is C21H31N3O3. The van der Waals surface area contributed by atoms with Crippen LogP contribution in [0.4, 0.5) is 4.79 Å². The molecule has 1 fully saturated rings. The van der Waals surface area contributed by atoms with E-state index >= 15 is 0 Å². The summed E-state index contributed by atoms with van der Waals surface area (Å²) in [5.74, 6) is 1.07. The maximum Gasteiger partial charge on any atom is 0.410 e. The SMILES string of the molecule is COCCCc1nc2ccccc2n1[C@@H]1CCCN(C(=O)OC(C)(C)C)C1. The van der Waals surface area contributed by atoms with Gasteiger partial charge in [-0.1, -0.05) is 12.1 Å². The van der Waals surface area contributed by atoms with Gasteiger partial charge in [-0.2, -0.15) is 0 Å². The van der Waals surface area contributed by atoms with Gasteiger partial charge < -0.3 is 18.9 Å². The van der Waals surface area contributed by atoms with E-state index in [0.717, 1.165) is 55.7 Å². The number of likely N-dealkylation sites (tertiary alicyclic amines) is 1. The lowest BCUT2D eigenvalue weighted by molar-refractivity contribution is 0.0173. The zero-order valence-electron chi connectivity index (χ0n) is 16.9. The normalized spacial score (nSPS) is 18.1. The molecule has 0 saturated carbocycles. The highest BCUT2D eigenvalue weighted by atomic mass is 16.6. The van der Waals surface area contributed by atoms with E-state index < -0.39 is 5.60 Å². The van der Waals surface area contributed by atoms with Crippen molar-refractivity contribution in [2.24, 2.45) is 0 Å². The molecule has 1 saturated heterocycles. The number of rotatable bonds is 5. The van der Waals surface area contributed by atoms with E-state index in [2.05, 4.69) is 16.7 Å². The zero-order valence-corrected chi connectivity index (χ0v) is 16.9. The van der Waals surface area contributed by atoms with Gasteiger partial charge >= 0.3 is 6.09 Å². The molecule has 6 heteroatoms. The molecule has 0 unspecified atom stereocenters. The van der Waals surface area contributed by atoms with E-state index in [0.29, 0.717) is 6.54 Å². The van der Waals surface area contributed by atoms with Gasteiger partial charge in [-0.25, -0.2) is 9.78 Å². The van der Waals surface area contributed by atoms with Gasteiger partial charge in [-0.3, -0.25) is 0 Å². The summed E-state index contributed by atoms with van der Waals surface area (Å²) in [6.45, 7) is 7.85. The summed E-state index contributed by atoms with van der Waals surface area (Å²) in [6, 6.07) is 8.46.